The highest BCUT2D eigenvalue weighted by Gasteiger charge is 2.28. The number of hydrogen-bond acceptors (Lipinski definition) is 4. The maximum atomic E-state index is 13.7. The number of rotatable bonds is 3. The van der Waals surface area contributed by atoms with Crippen LogP contribution >= 0.6 is 0 Å². The summed E-state index contributed by atoms with van der Waals surface area (Å²) < 4.78 is 24.3. The minimum absolute atomic E-state index is 0.0827. The fourth-order valence-electron chi connectivity index (χ4n) is 2.39. The van der Waals surface area contributed by atoms with Crippen molar-refractivity contribution in [3.63, 3.8) is 0 Å². The van der Waals surface area contributed by atoms with E-state index in [2.05, 4.69) is 0 Å². The summed E-state index contributed by atoms with van der Waals surface area (Å²) >= 11 is 0. The minimum Gasteiger partial charge on any atom is -0.489 e. The Labute approximate surface area is 137 Å². The van der Waals surface area contributed by atoms with Crippen LogP contribution in [0.1, 0.15) is 15.9 Å². The molecule has 0 fully saturated rings. The second-order valence-corrected chi connectivity index (χ2v) is 5.15. The van der Waals surface area contributed by atoms with Crippen molar-refractivity contribution >= 4 is 17.7 Å². The number of hydrogen-bond donors (Lipinski definition) is 1. The van der Waals surface area contributed by atoms with Gasteiger partial charge in [0.05, 0.1) is 17.8 Å². The fourth-order valence-corrected chi connectivity index (χ4v) is 2.39. The second kappa shape index (κ2) is 6.57. The van der Waals surface area contributed by atoms with E-state index >= 15 is 0 Å². The molecule has 6 nitrogen and oxygen atoms in total. The highest BCUT2D eigenvalue weighted by Crippen LogP contribution is 2.34. The summed E-state index contributed by atoms with van der Waals surface area (Å²) in [5.74, 6) is -2.22. The van der Waals surface area contributed by atoms with Crippen molar-refractivity contribution in [2.24, 2.45) is 0 Å². The van der Waals surface area contributed by atoms with E-state index in [0.717, 1.165) is 17.7 Å². The SMILES string of the molecule is O=C(O)c1cc2c(cc1F)OCCN2C(=O)OCc1ccccc1. The number of anilines is 1. The first kappa shape index (κ1) is 15.8. The molecule has 1 aliphatic heterocycles. The first-order valence-corrected chi connectivity index (χ1v) is 7.24. The molecule has 1 heterocycles. The van der Waals surface area contributed by atoms with E-state index in [0.29, 0.717) is 0 Å². The first-order valence-electron chi connectivity index (χ1n) is 7.24. The molecule has 2 aromatic rings. The number of halogens is 1. The molecule has 0 spiro atoms. The molecule has 0 unspecified atom stereocenters. The highest BCUT2D eigenvalue weighted by molar-refractivity contribution is 5.95. The van der Waals surface area contributed by atoms with Gasteiger partial charge >= 0.3 is 12.1 Å². The maximum absolute atomic E-state index is 13.7. The number of carboxylic acids is 1. The normalized spacial score (nSPS) is 13.0. The van der Waals surface area contributed by atoms with Crippen LogP contribution in [-0.4, -0.2) is 30.3 Å². The van der Waals surface area contributed by atoms with Crippen LogP contribution in [0.15, 0.2) is 42.5 Å². The molecule has 124 valence electrons. The van der Waals surface area contributed by atoms with Gasteiger partial charge in [0.1, 0.15) is 24.8 Å². The van der Waals surface area contributed by atoms with Crippen molar-refractivity contribution in [1.29, 1.82) is 0 Å². The van der Waals surface area contributed by atoms with Gasteiger partial charge in [-0.05, 0) is 11.6 Å². The van der Waals surface area contributed by atoms with Gasteiger partial charge < -0.3 is 14.6 Å². The number of benzene rings is 2. The summed E-state index contributed by atoms with van der Waals surface area (Å²) in [5.41, 5.74) is 0.475. The van der Waals surface area contributed by atoms with Crippen LogP contribution in [0.3, 0.4) is 0 Å². The summed E-state index contributed by atoms with van der Waals surface area (Å²) in [6.07, 6.45) is -0.647. The lowest BCUT2D eigenvalue weighted by molar-refractivity contribution is 0.0691. The number of carboxylic acid groups (broad SMARTS) is 1. The van der Waals surface area contributed by atoms with Crippen LogP contribution in [0.2, 0.25) is 0 Å². The number of aromatic carboxylic acids is 1. The molecule has 1 aliphatic rings. The predicted molar refractivity (Wildman–Crippen MR) is 82.8 cm³/mol. The monoisotopic (exact) mass is 331 g/mol. The Morgan fingerprint density at radius 1 is 1.25 bits per heavy atom. The molecule has 24 heavy (non-hydrogen) atoms. The average molecular weight is 331 g/mol. The van der Waals surface area contributed by atoms with Crippen molar-refractivity contribution < 1.29 is 28.6 Å². The lowest BCUT2D eigenvalue weighted by Crippen LogP contribution is -2.38. The second-order valence-electron chi connectivity index (χ2n) is 5.15. The number of amides is 1. The largest absolute Gasteiger partial charge is 0.489 e. The van der Waals surface area contributed by atoms with Crippen LogP contribution in [0.25, 0.3) is 0 Å². The molecule has 0 saturated carbocycles. The number of ether oxygens (including phenoxy) is 2. The molecule has 2 aromatic carbocycles. The summed E-state index contributed by atoms with van der Waals surface area (Å²) in [6, 6.07) is 11.2. The molecule has 0 aromatic heterocycles. The van der Waals surface area contributed by atoms with E-state index < -0.39 is 23.4 Å². The minimum atomic E-state index is -1.42. The van der Waals surface area contributed by atoms with Gasteiger partial charge in [0.2, 0.25) is 0 Å². The molecule has 0 atom stereocenters. The van der Waals surface area contributed by atoms with Crippen LogP contribution in [0, 0.1) is 5.82 Å². The van der Waals surface area contributed by atoms with Gasteiger partial charge in [-0.2, -0.15) is 0 Å². The van der Waals surface area contributed by atoms with Crippen molar-refractivity contribution in [3.05, 3.63) is 59.4 Å². The van der Waals surface area contributed by atoms with Crippen molar-refractivity contribution in [1.82, 2.24) is 0 Å². The van der Waals surface area contributed by atoms with Gasteiger partial charge in [0.15, 0.2) is 0 Å². The topological polar surface area (TPSA) is 76.1 Å². The zero-order valence-corrected chi connectivity index (χ0v) is 12.6. The quantitative estimate of drug-likeness (QED) is 0.935. The molecule has 7 heteroatoms. The standard InChI is InChI=1S/C17H14FNO5/c18-13-9-15-14(8-12(13)16(20)21)19(6-7-23-15)17(22)24-10-11-4-2-1-3-5-11/h1-5,8-9H,6-7,10H2,(H,20,21). The summed E-state index contributed by atoms with van der Waals surface area (Å²) in [4.78, 5) is 24.6. The molecule has 3 rings (SSSR count). The first-order chi connectivity index (χ1) is 11.6. The number of carbonyl (C=O) groups is 2. The zero-order valence-electron chi connectivity index (χ0n) is 12.6. The van der Waals surface area contributed by atoms with Crippen LogP contribution in [0.5, 0.6) is 5.75 Å². The molecule has 0 saturated heterocycles. The Balaban J connectivity index is 1.81. The molecule has 0 bridgehead atoms. The summed E-state index contributed by atoms with van der Waals surface area (Å²) in [6.45, 7) is 0.434. The Morgan fingerprint density at radius 2 is 2.00 bits per heavy atom. The van der Waals surface area contributed by atoms with Crippen LogP contribution in [-0.2, 0) is 11.3 Å². The molecular weight excluding hydrogens is 317 g/mol. The van der Waals surface area contributed by atoms with Gasteiger partial charge in [-0.15, -0.1) is 0 Å². The van der Waals surface area contributed by atoms with Gasteiger partial charge in [-0.25, -0.2) is 14.0 Å². The van der Waals surface area contributed by atoms with Gasteiger partial charge in [-0.1, -0.05) is 30.3 Å². The molecule has 0 radical (unpaired) electrons. The summed E-state index contributed by atoms with van der Waals surface area (Å²) in [7, 11) is 0. The van der Waals surface area contributed by atoms with Crippen LogP contribution in [0.4, 0.5) is 14.9 Å². The average Bonchev–Trinajstić information content (AvgIpc) is 2.59. The molecule has 0 aliphatic carbocycles. The lowest BCUT2D eigenvalue weighted by Gasteiger charge is -2.29. The van der Waals surface area contributed by atoms with Crippen molar-refractivity contribution in [2.45, 2.75) is 6.61 Å². The van der Waals surface area contributed by atoms with Crippen LogP contribution < -0.4 is 9.64 Å². The molecular formula is C17H14FNO5. The third-order valence-corrected chi connectivity index (χ3v) is 3.57. The smallest absolute Gasteiger partial charge is 0.414 e. The number of carbonyl (C=O) groups excluding carboxylic acids is 1. The van der Waals surface area contributed by atoms with E-state index in [9.17, 15) is 14.0 Å². The van der Waals surface area contributed by atoms with E-state index in [-0.39, 0.29) is 31.2 Å². The Hall–Kier alpha value is -3.09. The fraction of sp³-hybridized carbons (Fsp3) is 0.176. The van der Waals surface area contributed by atoms with Gasteiger partial charge in [0, 0.05) is 6.07 Å². The third-order valence-electron chi connectivity index (χ3n) is 3.57. The zero-order chi connectivity index (χ0) is 17.1. The molecule has 1 amide bonds. The van der Waals surface area contributed by atoms with E-state index in [1.54, 1.807) is 0 Å². The molecule has 1 N–H and O–H groups in total. The lowest BCUT2D eigenvalue weighted by atomic mass is 10.1. The predicted octanol–water partition coefficient (Wildman–Crippen LogP) is 3.06. The Morgan fingerprint density at radius 3 is 2.71 bits per heavy atom. The number of nitrogens with zero attached hydrogens (tertiary/aromatic N) is 1. The van der Waals surface area contributed by atoms with Crippen molar-refractivity contribution in [2.75, 3.05) is 18.1 Å². The van der Waals surface area contributed by atoms with Gasteiger partial charge in [0.25, 0.3) is 0 Å². The third kappa shape index (κ3) is 3.15. The van der Waals surface area contributed by atoms with Crippen molar-refractivity contribution in [3.8, 4) is 5.75 Å². The Bertz CT molecular complexity index is 778. The van der Waals surface area contributed by atoms with E-state index in [1.165, 1.54) is 4.90 Å². The Kier molecular flexibility index (Phi) is 4.33. The number of fused-ring (bicyclic) bond motifs is 1. The van der Waals surface area contributed by atoms with E-state index in [1.807, 2.05) is 30.3 Å². The van der Waals surface area contributed by atoms with E-state index in [4.69, 9.17) is 14.6 Å². The summed E-state index contributed by atoms with van der Waals surface area (Å²) in [5, 5.41) is 9.03. The maximum Gasteiger partial charge on any atom is 0.414 e. The van der Waals surface area contributed by atoms with Gasteiger partial charge in [-0.3, -0.25) is 4.90 Å². The highest BCUT2D eigenvalue weighted by atomic mass is 19.1.